The molecular formula is C36H58O9. The largest absolute Gasteiger partial charge is 0.432 e. The maximum absolute atomic E-state index is 14.4. The number of aliphatic hydroxyl groups excluding tert-OH is 6. The molecule has 0 radical (unpaired) electrons. The average molecular weight is 635 g/mol. The minimum absolute atomic E-state index is 0.0497. The summed E-state index contributed by atoms with van der Waals surface area (Å²) in [6.45, 7) is 15.5. The number of allylic oxidation sites excluding steroid dienone is 2. The summed E-state index contributed by atoms with van der Waals surface area (Å²) in [6, 6.07) is 0. The highest BCUT2D eigenvalue weighted by molar-refractivity contribution is 5.80. The minimum atomic E-state index is -1.70. The molecule has 0 aromatic heterocycles. The second-order valence-electron chi connectivity index (χ2n) is 18.0. The first-order valence-electron chi connectivity index (χ1n) is 17.4. The van der Waals surface area contributed by atoms with E-state index in [4.69, 9.17) is 9.47 Å². The summed E-state index contributed by atoms with van der Waals surface area (Å²) in [5.41, 5.74) is -0.661. The van der Waals surface area contributed by atoms with Crippen molar-refractivity contribution in [3.8, 4) is 0 Å². The van der Waals surface area contributed by atoms with Crippen molar-refractivity contribution in [3.63, 3.8) is 0 Å². The van der Waals surface area contributed by atoms with E-state index in [-0.39, 0.29) is 39.1 Å². The molecule has 9 heteroatoms. The van der Waals surface area contributed by atoms with Crippen molar-refractivity contribution in [2.24, 2.45) is 50.2 Å². The van der Waals surface area contributed by atoms with Crippen LogP contribution in [-0.2, 0) is 14.3 Å². The van der Waals surface area contributed by atoms with E-state index >= 15 is 0 Å². The topological polar surface area (TPSA) is 157 Å². The molecule has 14 atom stereocenters. The summed E-state index contributed by atoms with van der Waals surface area (Å²) >= 11 is 0. The van der Waals surface area contributed by atoms with Crippen molar-refractivity contribution in [1.29, 1.82) is 0 Å². The lowest BCUT2D eigenvalue weighted by molar-refractivity contribution is -0.299. The molecule has 3 unspecified atom stereocenters. The zero-order chi connectivity index (χ0) is 33.1. The normalized spacial score (nSPS) is 53.6. The van der Waals surface area contributed by atoms with Crippen molar-refractivity contribution in [2.45, 2.75) is 149 Å². The first kappa shape index (κ1) is 33.8. The van der Waals surface area contributed by atoms with Crippen molar-refractivity contribution < 1.29 is 44.9 Å². The van der Waals surface area contributed by atoms with Gasteiger partial charge in [-0.25, -0.2) is 0 Å². The Bertz CT molecular complexity index is 1210. The second kappa shape index (κ2) is 10.7. The smallest absolute Gasteiger partial charge is 0.317 e. The molecule has 6 N–H and O–H groups in total. The number of carbonyl (C=O) groups is 1. The van der Waals surface area contributed by atoms with Crippen LogP contribution in [0.25, 0.3) is 0 Å². The van der Waals surface area contributed by atoms with Gasteiger partial charge in [-0.3, -0.25) is 4.79 Å². The van der Waals surface area contributed by atoms with E-state index in [1.807, 2.05) is 0 Å². The van der Waals surface area contributed by atoms with Gasteiger partial charge in [0, 0.05) is 0 Å². The van der Waals surface area contributed by atoms with E-state index in [1.165, 1.54) is 5.57 Å². The van der Waals surface area contributed by atoms with E-state index in [0.29, 0.717) is 37.5 Å². The monoisotopic (exact) mass is 634 g/mol. The van der Waals surface area contributed by atoms with E-state index in [9.17, 15) is 35.4 Å². The van der Waals surface area contributed by atoms with Gasteiger partial charge in [0.15, 0.2) is 0 Å². The number of fused-ring (bicyclic) bond motifs is 7. The Labute approximate surface area is 268 Å². The molecule has 5 fully saturated rings. The van der Waals surface area contributed by atoms with Crippen LogP contribution in [0.5, 0.6) is 0 Å². The summed E-state index contributed by atoms with van der Waals surface area (Å²) in [7, 11) is 0. The lowest BCUT2D eigenvalue weighted by atomic mass is 9.33. The van der Waals surface area contributed by atoms with Crippen LogP contribution in [0.4, 0.5) is 0 Å². The fourth-order valence-corrected chi connectivity index (χ4v) is 12.1. The van der Waals surface area contributed by atoms with Gasteiger partial charge in [0.25, 0.3) is 0 Å². The molecule has 1 aliphatic heterocycles. The lowest BCUT2D eigenvalue weighted by Gasteiger charge is -2.71. The molecule has 0 aromatic carbocycles. The Morgan fingerprint density at radius 1 is 0.844 bits per heavy atom. The second-order valence-corrected chi connectivity index (χ2v) is 18.0. The van der Waals surface area contributed by atoms with Crippen LogP contribution in [0.3, 0.4) is 0 Å². The molecular weight excluding hydrogens is 576 g/mol. The zero-order valence-electron chi connectivity index (χ0n) is 28.3. The summed E-state index contributed by atoms with van der Waals surface area (Å²) in [6.07, 6.45) is 0.341. The van der Waals surface area contributed by atoms with Gasteiger partial charge in [-0.15, -0.1) is 0 Å². The Balaban J connectivity index is 1.38. The summed E-state index contributed by atoms with van der Waals surface area (Å²) in [5.74, 6) is -0.157. The zero-order valence-corrected chi connectivity index (χ0v) is 28.3. The maximum atomic E-state index is 14.4. The van der Waals surface area contributed by atoms with Crippen LogP contribution in [0, 0.1) is 50.2 Å². The van der Waals surface area contributed by atoms with Gasteiger partial charge >= 0.3 is 5.97 Å². The summed E-state index contributed by atoms with van der Waals surface area (Å²) in [4.78, 5) is 14.4. The predicted octanol–water partition coefficient (Wildman–Crippen LogP) is 3.46. The van der Waals surface area contributed by atoms with E-state index in [1.54, 1.807) is 0 Å². The Hall–Kier alpha value is -1.07. The molecule has 0 aromatic rings. The van der Waals surface area contributed by atoms with Crippen LogP contribution in [0.15, 0.2) is 11.6 Å². The first-order valence-corrected chi connectivity index (χ1v) is 17.4. The van der Waals surface area contributed by atoms with Crippen LogP contribution < -0.4 is 0 Å². The molecule has 0 bridgehead atoms. The Morgan fingerprint density at radius 3 is 2.20 bits per heavy atom. The van der Waals surface area contributed by atoms with Crippen molar-refractivity contribution in [2.75, 3.05) is 6.61 Å². The lowest BCUT2D eigenvalue weighted by Crippen LogP contribution is -2.68. The molecule has 9 nitrogen and oxygen atoms in total. The molecule has 1 heterocycles. The van der Waals surface area contributed by atoms with Gasteiger partial charge in [0.2, 0.25) is 6.29 Å². The van der Waals surface area contributed by atoms with E-state index < -0.39 is 54.8 Å². The van der Waals surface area contributed by atoms with E-state index in [2.05, 4.69) is 54.5 Å². The summed E-state index contributed by atoms with van der Waals surface area (Å²) in [5, 5.41) is 64.3. The Morgan fingerprint density at radius 2 is 1.53 bits per heavy atom. The van der Waals surface area contributed by atoms with Crippen LogP contribution in [0.2, 0.25) is 0 Å². The molecule has 45 heavy (non-hydrogen) atoms. The average Bonchev–Trinajstić information content (AvgIpc) is 2.95. The van der Waals surface area contributed by atoms with Crippen molar-refractivity contribution >= 4 is 5.97 Å². The maximum Gasteiger partial charge on any atom is 0.317 e. The quantitative estimate of drug-likeness (QED) is 0.202. The summed E-state index contributed by atoms with van der Waals surface area (Å²) < 4.78 is 11.4. The molecule has 1 saturated heterocycles. The van der Waals surface area contributed by atoms with Crippen LogP contribution in [-0.4, -0.2) is 86.1 Å². The number of esters is 1. The van der Waals surface area contributed by atoms with E-state index in [0.717, 1.165) is 32.1 Å². The standard InChI is InChI=1S/C36H58O9/c1-31(2)14-15-36(30(43)45-29-28(42)27(41)26(40)21(18-37)44-29)20(16-31)19-8-9-23-33(5)12-11-24(38)32(3,4)22(33)10-13-34(23,6)35(19,7)17-25(36)39/h8,20-29,37-42H,9-18H2,1-7H3/t20-,21?,22-,23+,24-,25?,26-,27?,28+,29+,33-,34+,35+,36+/m0/s1. The van der Waals surface area contributed by atoms with Crippen molar-refractivity contribution in [3.05, 3.63) is 11.6 Å². The number of hydrogen-bond donors (Lipinski definition) is 6. The SMILES string of the molecule is CC1(C)CC[C@]2(C(=O)O[C@H]3OC(CO)[C@H](O)C(O)[C@H]3O)C(O)C[C@]3(C)C(=CC[C@@H]4[C@@]5(C)CC[C@H](O)C(C)(C)[C@@H]5CC[C@]43C)[C@@H]2C1. The number of hydrogen-bond acceptors (Lipinski definition) is 9. The fraction of sp³-hybridized carbons (Fsp3) is 0.917. The molecule has 6 aliphatic rings. The highest BCUT2D eigenvalue weighted by Gasteiger charge is 2.71. The number of rotatable bonds is 3. The van der Waals surface area contributed by atoms with Gasteiger partial charge in [-0.2, -0.15) is 0 Å². The van der Waals surface area contributed by atoms with Gasteiger partial charge in [-0.1, -0.05) is 60.1 Å². The third-order valence-electron chi connectivity index (χ3n) is 15.1. The number of aliphatic hydroxyl groups is 6. The highest BCUT2D eigenvalue weighted by atomic mass is 16.7. The van der Waals surface area contributed by atoms with Crippen LogP contribution in [0.1, 0.15) is 106 Å². The van der Waals surface area contributed by atoms with Gasteiger partial charge < -0.3 is 40.1 Å². The molecule has 5 aliphatic carbocycles. The van der Waals surface area contributed by atoms with Gasteiger partial charge in [0.05, 0.1) is 18.8 Å². The molecule has 4 saturated carbocycles. The van der Waals surface area contributed by atoms with Gasteiger partial charge in [0.1, 0.15) is 29.8 Å². The first-order chi connectivity index (χ1) is 20.8. The molecule has 256 valence electrons. The van der Waals surface area contributed by atoms with Gasteiger partial charge in [-0.05, 0) is 103 Å². The number of carbonyl (C=O) groups excluding carboxylic acids is 1. The third-order valence-corrected chi connectivity index (χ3v) is 15.1. The van der Waals surface area contributed by atoms with Crippen molar-refractivity contribution in [1.82, 2.24) is 0 Å². The minimum Gasteiger partial charge on any atom is -0.432 e. The highest BCUT2D eigenvalue weighted by Crippen LogP contribution is 2.75. The number of ether oxygens (including phenoxy) is 2. The fourth-order valence-electron chi connectivity index (χ4n) is 12.1. The third kappa shape index (κ3) is 4.54. The molecule has 6 rings (SSSR count). The predicted molar refractivity (Wildman–Crippen MR) is 166 cm³/mol. The van der Waals surface area contributed by atoms with Crippen LogP contribution >= 0.6 is 0 Å². The molecule has 0 spiro atoms. The Kier molecular flexibility index (Phi) is 8.05. The molecule has 0 amide bonds.